The van der Waals surface area contributed by atoms with Crippen molar-refractivity contribution in [3.63, 3.8) is 0 Å². The van der Waals surface area contributed by atoms with E-state index in [1.54, 1.807) is 12.0 Å². The summed E-state index contributed by atoms with van der Waals surface area (Å²) < 4.78 is 9.95. The molecule has 1 aliphatic rings. The molecule has 1 aliphatic heterocycles. The van der Waals surface area contributed by atoms with E-state index in [1.165, 1.54) is 0 Å². The molecule has 2 rings (SSSR count). The highest BCUT2D eigenvalue weighted by Crippen LogP contribution is 2.17. The molecule has 8 heteroatoms. The maximum Gasteiger partial charge on any atom is 0.228 e. The number of rotatable bonds is 7. The summed E-state index contributed by atoms with van der Waals surface area (Å²) in [5.74, 6) is 0.935. The standard InChI is InChI=1S/C14H22N4O4/c1-3-18-8-10(4-5-13(18)19)14(20)15-7-6-12-16-11(9-21-2)17-22-12/h10H,3-9H2,1-2H3,(H,15,20). The van der Waals surface area contributed by atoms with Crippen molar-refractivity contribution in [1.29, 1.82) is 0 Å². The molecule has 1 unspecified atom stereocenters. The number of carbonyl (C=O) groups is 2. The first-order valence-corrected chi connectivity index (χ1v) is 7.50. The van der Waals surface area contributed by atoms with Crippen LogP contribution in [-0.2, 0) is 27.4 Å². The number of likely N-dealkylation sites (tertiary alicyclic amines) is 1. The van der Waals surface area contributed by atoms with Gasteiger partial charge < -0.3 is 19.5 Å². The Morgan fingerprint density at radius 1 is 1.55 bits per heavy atom. The van der Waals surface area contributed by atoms with Crippen LogP contribution in [0.1, 0.15) is 31.5 Å². The highest BCUT2D eigenvalue weighted by molar-refractivity contribution is 5.83. The largest absolute Gasteiger partial charge is 0.377 e. The van der Waals surface area contributed by atoms with Crippen LogP contribution < -0.4 is 5.32 Å². The lowest BCUT2D eigenvalue weighted by Crippen LogP contribution is -2.45. The van der Waals surface area contributed by atoms with Gasteiger partial charge in [-0.15, -0.1) is 0 Å². The first-order chi connectivity index (χ1) is 10.6. The zero-order valence-corrected chi connectivity index (χ0v) is 13.0. The van der Waals surface area contributed by atoms with Gasteiger partial charge in [0.25, 0.3) is 0 Å². The molecule has 1 atom stereocenters. The number of aromatic nitrogens is 2. The van der Waals surface area contributed by atoms with E-state index in [9.17, 15) is 9.59 Å². The number of hydrogen-bond acceptors (Lipinski definition) is 6. The molecule has 0 aliphatic carbocycles. The van der Waals surface area contributed by atoms with E-state index < -0.39 is 0 Å². The Morgan fingerprint density at radius 2 is 2.36 bits per heavy atom. The monoisotopic (exact) mass is 310 g/mol. The summed E-state index contributed by atoms with van der Waals surface area (Å²) in [7, 11) is 1.56. The molecular formula is C14H22N4O4. The van der Waals surface area contributed by atoms with Crippen LogP contribution in [0.15, 0.2) is 4.52 Å². The zero-order valence-electron chi connectivity index (χ0n) is 13.0. The minimum absolute atomic E-state index is 0.0254. The summed E-state index contributed by atoms with van der Waals surface area (Å²) in [6, 6.07) is 0. The third kappa shape index (κ3) is 4.27. The molecule has 22 heavy (non-hydrogen) atoms. The molecule has 0 spiro atoms. The zero-order chi connectivity index (χ0) is 15.9. The average Bonchev–Trinajstić information content (AvgIpc) is 2.95. The van der Waals surface area contributed by atoms with Crippen molar-refractivity contribution in [2.75, 3.05) is 26.7 Å². The molecule has 0 bridgehead atoms. The predicted molar refractivity (Wildman–Crippen MR) is 76.7 cm³/mol. The Balaban J connectivity index is 1.74. The summed E-state index contributed by atoms with van der Waals surface area (Å²) in [5.41, 5.74) is 0. The van der Waals surface area contributed by atoms with E-state index in [0.717, 1.165) is 0 Å². The van der Waals surface area contributed by atoms with Crippen LogP contribution in [0.4, 0.5) is 0 Å². The van der Waals surface area contributed by atoms with E-state index in [4.69, 9.17) is 9.26 Å². The molecule has 1 fully saturated rings. The molecule has 0 aromatic carbocycles. The number of nitrogens with one attached hydrogen (secondary N) is 1. The Morgan fingerprint density at radius 3 is 3.09 bits per heavy atom. The quantitative estimate of drug-likeness (QED) is 0.769. The second-order valence-corrected chi connectivity index (χ2v) is 5.25. The molecular weight excluding hydrogens is 288 g/mol. The van der Waals surface area contributed by atoms with Crippen molar-refractivity contribution < 1.29 is 18.8 Å². The molecule has 1 aromatic heterocycles. The number of methoxy groups -OCH3 is 1. The topological polar surface area (TPSA) is 97.6 Å². The summed E-state index contributed by atoms with van der Waals surface area (Å²) in [6.45, 7) is 3.81. The van der Waals surface area contributed by atoms with Crippen LogP contribution in [0.5, 0.6) is 0 Å². The number of piperidine rings is 1. The van der Waals surface area contributed by atoms with Gasteiger partial charge in [0.05, 0.1) is 5.92 Å². The molecule has 1 saturated heterocycles. The van der Waals surface area contributed by atoms with Crippen LogP contribution in [0.25, 0.3) is 0 Å². The number of amides is 2. The van der Waals surface area contributed by atoms with Gasteiger partial charge in [0.2, 0.25) is 17.7 Å². The molecule has 0 radical (unpaired) electrons. The second kappa shape index (κ2) is 7.88. The Kier molecular flexibility index (Phi) is 5.88. The van der Waals surface area contributed by atoms with Crippen LogP contribution >= 0.6 is 0 Å². The summed E-state index contributed by atoms with van der Waals surface area (Å²) in [4.78, 5) is 29.6. The molecule has 0 saturated carbocycles. The molecule has 122 valence electrons. The van der Waals surface area contributed by atoms with Crippen molar-refractivity contribution in [1.82, 2.24) is 20.4 Å². The molecule has 2 heterocycles. The average molecular weight is 310 g/mol. The van der Waals surface area contributed by atoms with Gasteiger partial charge in [-0.05, 0) is 13.3 Å². The van der Waals surface area contributed by atoms with Gasteiger partial charge in [0.15, 0.2) is 5.82 Å². The van der Waals surface area contributed by atoms with Crippen molar-refractivity contribution in [3.8, 4) is 0 Å². The summed E-state index contributed by atoms with van der Waals surface area (Å²) in [6.07, 6.45) is 1.53. The van der Waals surface area contributed by atoms with E-state index in [0.29, 0.717) is 57.2 Å². The minimum atomic E-state index is -0.135. The van der Waals surface area contributed by atoms with Crippen LogP contribution in [0.2, 0.25) is 0 Å². The van der Waals surface area contributed by atoms with Gasteiger partial charge >= 0.3 is 0 Å². The number of ether oxygens (including phenoxy) is 1. The third-order valence-electron chi connectivity index (χ3n) is 3.67. The fourth-order valence-corrected chi connectivity index (χ4v) is 2.45. The van der Waals surface area contributed by atoms with Crippen molar-refractivity contribution in [3.05, 3.63) is 11.7 Å². The lowest BCUT2D eigenvalue weighted by Gasteiger charge is -2.30. The number of nitrogens with zero attached hydrogens (tertiary/aromatic N) is 3. The number of hydrogen-bond donors (Lipinski definition) is 1. The van der Waals surface area contributed by atoms with Crippen LogP contribution in [-0.4, -0.2) is 53.6 Å². The molecule has 1 N–H and O–H groups in total. The highest BCUT2D eigenvalue weighted by Gasteiger charge is 2.29. The fourth-order valence-electron chi connectivity index (χ4n) is 2.45. The van der Waals surface area contributed by atoms with Gasteiger partial charge in [-0.1, -0.05) is 5.16 Å². The van der Waals surface area contributed by atoms with E-state index in [2.05, 4.69) is 15.5 Å². The van der Waals surface area contributed by atoms with E-state index in [1.807, 2.05) is 6.92 Å². The lowest BCUT2D eigenvalue weighted by atomic mass is 9.96. The lowest BCUT2D eigenvalue weighted by molar-refractivity contribution is -0.138. The van der Waals surface area contributed by atoms with Crippen molar-refractivity contribution in [2.45, 2.75) is 32.8 Å². The summed E-state index contributed by atoms with van der Waals surface area (Å²) >= 11 is 0. The normalized spacial score (nSPS) is 18.5. The molecule has 1 aromatic rings. The second-order valence-electron chi connectivity index (χ2n) is 5.25. The Labute approximate surface area is 129 Å². The minimum Gasteiger partial charge on any atom is -0.377 e. The van der Waals surface area contributed by atoms with Crippen LogP contribution in [0, 0.1) is 5.92 Å². The van der Waals surface area contributed by atoms with Crippen molar-refractivity contribution >= 4 is 11.8 Å². The van der Waals surface area contributed by atoms with Gasteiger partial charge in [-0.25, -0.2) is 0 Å². The van der Waals surface area contributed by atoms with Gasteiger partial charge in [-0.3, -0.25) is 9.59 Å². The highest BCUT2D eigenvalue weighted by atomic mass is 16.5. The predicted octanol–water partition coefficient (Wildman–Crippen LogP) is 0.133. The van der Waals surface area contributed by atoms with Gasteiger partial charge in [0, 0.05) is 39.6 Å². The Bertz CT molecular complexity index is 517. The van der Waals surface area contributed by atoms with E-state index >= 15 is 0 Å². The van der Waals surface area contributed by atoms with E-state index in [-0.39, 0.29) is 17.7 Å². The summed E-state index contributed by atoms with van der Waals surface area (Å²) in [5, 5.41) is 6.62. The first kappa shape index (κ1) is 16.4. The van der Waals surface area contributed by atoms with Gasteiger partial charge in [0.1, 0.15) is 6.61 Å². The van der Waals surface area contributed by atoms with Crippen LogP contribution in [0.3, 0.4) is 0 Å². The third-order valence-corrected chi connectivity index (χ3v) is 3.67. The van der Waals surface area contributed by atoms with Crippen molar-refractivity contribution in [2.24, 2.45) is 5.92 Å². The van der Waals surface area contributed by atoms with Gasteiger partial charge in [-0.2, -0.15) is 4.98 Å². The smallest absolute Gasteiger partial charge is 0.228 e. The number of carbonyl (C=O) groups excluding carboxylic acids is 2. The maximum absolute atomic E-state index is 12.1. The first-order valence-electron chi connectivity index (χ1n) is 7.50. The SMILES string of the molecule is CCN1CC(C(=O)NCCc2nc(COC)no2)CCC1=O. The molecule has 2 amide bonds. The maximum atomic E-state index is 12.1. The Hall–Kier alpha value is -1.96. The fraction of sp³-hybridized carbons (Fsp3) is 0.714. The molecule has 8 nitrogen and oxygen atoms in total.